The molecule has 1 saturated heterocycles. The Labute approximate surface area is 223 Å². The molecule has 9 nitrogen and oxygen atoms in total. The van der Waals surface area contributed by atoms with Crippen LogP contribution in [0.5, 0.6) is 0 Å². The highest BCUT2D eigenvalue weighted by Crippen LogP contribution is 2.38. The van der Waals surface area contributed by atoms with Crippen molar-refractivity contribution < 1.29 is 13.2 Å². The standard InChI is InChI=1S/C28H32N6O3S/c1-18-14-28(4,5)34(16-18)25-22(26(35)33-38(36,37)24-8-6-7-23(30)32-24)13-20(15-31-25)19-9-11-21(12-10-19)27(2,3)17-29/h6-13,15,18H,14,16H2,1-5H3,(H2,30,32)(H,33,35). The van der Waals surface area contributed by atoms with Crippen LogP contribution in [0.15, 0.2) is 59.8 Å². The van der Waals surface area contributed by atoms with Crippen LogP contribution in [0.3, 0.4) is 0 Å². The van der Waals surface area contributed by atoms with E-state index in [1.807, 2.05) is 38.1 Å². The molecule has 0 spiro atoms. The predicted molar refractivity (Wildman–Crippen MR) is 147 cm³/mol. The largest absolute Gasteiger partial charge is 0.384 e. The monoisotopic (exact) mass is 532 g/mol. The minimum absolute atomic E-state index is 0.0282. The molecule has 1 amide bonds. The second-order valence-corrected chi connectivity index (χ2v) is 12.6. The predicted octanol–water partition coefficient (Wildman–Crippen LogP) is 4.27. The van der Waals surface area contributed by atoms with Crippen molar-refractivity contribution in [2.45, 2.75) is 57.0 Å². The number of carbonyl (C=O) groups is 1. The van der Waals surface area contributed by atoms with Gasteiger partial charge in [-0.15, -0.1) is 0 Å². The number of pyridine rings is 2. The lowest BCUT2D eigenvalue weighted by Gasteiger charge is -2.33. The average molecular weight is 533 g/mol. The normalized spacial score (nSPS) is 17.2. The third kappa shape index (κ3) is 5.34. The molecule has 0 saturated carbocycles. The third-order valence-electron chi connectivity index (χ3n) is 6.91. The average Bonchev–Trinajstić information content (AvgIpc) is 3.14. The Bertz CT molecular complexity index is 1520. The molecule has 1 atom stereocenters. The van der Waals surface area contributed by atoms with E-state index in [1.54, 1.807) is 12.3 Å². The third-order valence-corrected chi connectivity index (χ3v) is 8.14. The summed E-state index contributed by atoms with van der Waals surface area (Å²) in [5, 5.41) is 9.10. The molecule has 3 N–H and O–H groups in total. The summed E-state index contributed by atoms with van der Waals surface area (Å²) in [5.74, 6) is 0.00822. The van der Waals surface area contributed by atoms with Crippen LogP contribution >= 0.6 is 0 Å². The number of aromatic nitrogens is 2. The number of nitrogens with zero attached hydrogens (tertiary/aromatic N) is 4. The number of benzene rings is 1. The van der Waals surface area contributed by atoms with Crippen molar-refractivity contribution in [3.05, 3.63) is 65.9 Å². The van der Waals surface area contributed by atoms with E-state index in [2.05, 4.69) is 46.4 Å². The van der Waals surface area contributed by atoms with Crippen LogP contribution in [-0.2, 0) is 15.4 Å². The highest BCUT2D eigenvalue weighted by molar-refractivity contribution is 7.90. The highest BCUT2D eigenvalue weighted by atomic mass is 32.2. The summed E-state index contributed by atoms with van der Waals surface area (Å²) in [6, 6.07) is 15.6. The zero-order valence-corrected chi connectivity index (χ0v) is 23.0. The summed E-state index contributed by atoms with van der Waals surface area (Å²) in [6.45, 7) is 10.7. The van der Waals surface area contributed by atoms with Crippen molar-refractivity contribution in [3.63, 3.8) is 0 Å². The second-order valence-electron chi connectivity index (χ2n) is 11.0. The first-order valence-corrected chi connectivity index (χ1v) is 13.8. The van der Waals surface area contributed by atoms with E-state index in [0.29, 0.717) is 23.8 Å². The van der Waals surface area contributed by atoms with Crippen molar-refractivity contribution in [2.24, 2.45) is 5.92 Å². The van der Waals surface area contributed by atoms with Crippen LogP contribution in [0, 0.1) is 17.2 Å². The van der Waals surface area contributed by atoms with Crippen LogP contribution in [0.25, 0.3) is 11.1 Å². The molecule has 4 rings (SSSR count). The number of hydrogen-bond acceptors (Lipinski definition) is 8. The molecular formula is C28H32N6O3S. The van der Waals surface area contributed by atoms with Gasteiger partial charge in [0.05, 0.1) is 17.0 Å². The maximum Gasteiger partial charge on any atom is 0.281 e. The number of nitrogen functional groups attached to an aromatic ring is 1. The van der Waals surface area contributed by atoms with Gasteiger partial charge in [0.1, 0.15) is 11.6 Å². The molecule has 1 aromatic carbocycles. The van der Waals surface area contributed by atoms with Crippen LogP contribution in [0.4, 0.5) is 11.6 Å². The van der Waals surface area contributed by atoms with Gasteiger partial charge in [0.25, 0.3) is 15.9 Å². The van der Waals surface area contributed by atoms with E-state index in [4.69, 9.17) is 5.73 Å². The SMILES string of the molecule is CC1CN(c2ncc(-c3ccc(C(C)(C)C#N)cc3)cc2C(=O)NS(=O)(=O)c2cccc(N)n2)C(C)(C)C1. The zero-order valence-electron chi connectivity index (χ0n) is 22.2. The first kappa shape index (κ1) is 27.1. The van der Waals surface area contributed by atoms with E-state index in [1.165, 1.54) is 18.2 Å². The fraction of sp³-hybridized carbons (Fsp3) is 0.357. The Morgan fingerprint density at radius 3 is 2.45 bits per heavy atom. The number of anilines is 2. The quantitative estimate of drug-likeness (QED) is 0.479. The van der Waals surface area contributed by atoms with Gasteiger partial charge in [0, 0.05) is 23.8 Å². The van der Waals surface area contributed by atoms with E-state index in [0.717, 1.165) is 17.5 Å². The number of nitrogens with two attached hydrogens (primary N) is 1. The fourth-order valence-corrected chi connectivity index (χ4v) is 5.85. The Kier molecular flexibility index (Phi) is 6.93. The number of nitrogens with one attached hydrogen (secondary N) is 1. The molecule has 38 heavy (non-hydrogen) atoms. The summed E-state index contributed by atoms with van der Waals surface area (Å²) in [4.78, 5) is 24.1. The number of hydrogen-bond donors (Lipinski definition) is 2. The van der Waals surface area contributed by atoms with E-state index in [-0.39, 0.29) is 21.9 Å². The number of nitriles is 1. The maximum atomic E-state index is 13.5. The van der Waals surface area contributed by atoms with Gasteiger partial charge < -0.3 is 10.6 Å². The smallest absolute Gasteiger partial charge is 0.281 e. The second kappa shape index (κ2) is 9.72. The van der Waals surface area contributed by atoms with E-state index >= 15 is 0 Å². The summed E-state index contributed by atoms with van der Waals surface area (Å²) >= 11 is 0. The Morgan fingerprint density at radius 2 is 1.87 bits per heavy atom. The Hall–Kier alpha value is -3.97. The molecule has 3 heterocycles. The van der Waals surface area contributed by atoms with Crippen LogP contribution < -0.4 is 15.4 Å². The van der Waals surface area contributed by atoms with Crippen LogP contribution in [0.1, 0.15) is 57.0 Å². The van der Waals surface area contributed by atoms with Gasteiger partial charge in [0.2, 0.25) is 0 Å². The molecule has 3 aromatic rings. The molecule has 1 aliphatic heterocycles. The van der Waals surface area contributed by atoms with Crippen molar-refractivity contribution in [2.75, 3.05) is 17.2 Å². The lowest BCUT2D eigenvalue weighted by Crippen LogP contribution is -2.41. The first-order valence-electron chi connectivity index (χ1n) is 12.3. The Balaban J connectivity index is 1.77. The number of carbonyl (C=O) groups excluding carboxylic acids is 1. The summed E-state index contributed by atoms with van der Waals surface area (Å²) in [5.41, 5.74) is 7.16. The molecule has 2 aromatic heterocycles. The van der Waals surface area contributed by atoms with Crippen molar-refractivity contribution in [3.8, 4) is 17.2 Å². The minimum atomic E-state index is -4.28. The lowest BCUT2D eigenvalue weighted by atomic mass is 9.85. The molecular weight excluding hydrogens is 500 g/mol. The molecule has 1 fully saturated rings. The fourth-order valence-electron chi connectivity index (χ4n) is 4.91. The molecule has 0 bridgehead atoms. The highest BCUT2D eigenvalue weighted by Gasteiger charge is 2.39. The summed E-state index contributed by atoms with van der Waals surface area (Å²) in [6.07, 6.45) is 2.59. The van der Waals surface area contributed by atoms with Gasteiger partial charge >= 0.3 is 0 Å². The van der Waals surface area contributed by atoms with Crippen molar-refractivity contribution in [1.29, 1.82) is 5.26 Å². The van der Waals surface area contributed by atoms with Gasteiger partial charge in [-0.1, -0.05) is 37.3 Å². The molecule has 10 heteroatoms. The Morgan fingerprint density at radius 1 is 1.18 bits per heavy atom. The zero-order chi connectivity index (χ0) is 27.9. The van der Waals surface area contributed by atoms with Gasteiger partial charge in [-0.3, -0.25) is 4.79 Å². The molecule has 0 aliphatic carbocycles. The van der Waals surface area contributed by atoms with Gasteiger partial charge in [0.15, 0.2) is 5.03 Å². The van der Waals surface area contributed by atoms with Crippen LogP contribution in [-0.4, -0.2) is 36.4 Å². The summed E-state index contributed by atoms with van der Waals surface area (Å²) in [7, 11) is -4.28. The van der Waals surface area contributed by atoms with Crippen molar-refractivity contribution in [1.82, 2.24) is 14.7 Å². The maximum absolute atomic E-state index is 13.5. The van der Waals surface area contributed by atoms with Crippen LogP contribution in [0.2, 0.25) is 0 Å². The number of rotatable bonds is 6. The molecule has 198 valence electrons. The minimum Gasteiger partial charge on any atom is -0.384 e. The summed E-state index contributed by atoms with van der Waals surface area (Å²) < 4.78 is 28.1. The molecule has 1 aliphatic rings. The molecule has 0 radical (unpaired) electrons. The van der Waals surface area contributed by atoms with Gasteiger partial charge in [-0.05, 0) is 69.4 Å². The topological polar surface area (TPSA) is 142 Å². The van der Waals surface area contributed by atoms with Gasteiger partial charge in [-0.25, -0.2) is 14.7 Å². The lowest BCUT2D eigenvalue weighted by molar-refractivity contribution is 0.0981. The van der Waals surface area contributed by atoms with Gasteiger partial charge in [-0.2, -0.15) is 13.7 Å². The first-order chi connectivity index (χ1) is 17.7. The van der Waals surface area contributed by atoms with Crippen molar-refractivity contribution >= 4 is 27.6 Å². The number of sulfonamides is 1. The van der Waals surface area contributed by atoms with E-state index in [9.17, 15) is 18.5 Å². The number of amides is 1. The van der Waals surface area contributed by atoms with E-state index < -0.39 is 21.3 Å². The molecule has 1 unspecified atom stereocenters.